The Balaban J connectivity index is 2.52. The van der Waals surface area contributed by atoms with Gasteiger partial charge in [0, 0.05) is 11.1 Å². The summed E-state index contributed by atoms with van der Waals surface area (Å²) in [6.45, 7) is -0.243. The van der Waals surface area contributed by atoms with Crippen molar-refractivity contribution in [2.24, 2.45) is 0 Å². The molecule has 0 spiro atoms. The summed E-state index contributed by atoms with van der Waals surface area (Å²) in [5.74, 6) is 0.870. The lowest BCUT2D eigenvalue weighted by atomic mass is 10.1. The maximum atomic E-state index is 11.3. The van der Waals surface area contributed by atoms with Gasteiger partial charge >= 0.3 is 7.82 Å². The minimum atomic E-state index is -4.84. The molecule has 3 N–H and O–H groups in total. The van der Waals surface area contributed by atoms with Gasteiger partial charge in [0.05, 0.1) is 35.0 Å². The Bertz CT molecular complexity index is 909. The number of aliphatic hydroxyl groups excluding tert-OH is 1. The Morgan fingerprint density at radius 2 is 1.52 bits per heavy atom. The Morgan fingerprint density at radius 1 is 0.862 bits per heavy atom. The molecule has 0 aromatic heterocycles. The lowest BCUT2D eigenvalue weighted by molar-refractivity contribution is 0.268. The van der Waals surface area contributed by atoms with E-state index in [-0.39, 0.29) is 23.9 Å². The molecular formula is C19H23O9P. The maximum absolute atomic E-state index is 11.3. The van der Waals surface area contributed by atoms with Crippen LogP contribution in [0, 0.1) is 0 Å². The van der Waals surface area contributed by atoms with Crippen LogP contribution >= 0.6 is 7.82 Å². The van der Waals surface area contributed by atoms with Gasteiger partial charge in [0.1, 0.15) is 0 Å². The average molecular weight is 426 g/mol. The largest absolute Gasteiger partial charge is 0.525 e. The van der Waals surface area contributed by atoms with Crippen LogP contribution in [0.1, 0.15) is 16.7 Å². The lowest BCUT2D eigenvalue weighted by Gasteiger charge is -2.16. The van der Waals surface area contributed by atoms with Crippen molar-refractivity contribution in [1.82, 2.24) is 0 Å². The number of phosphoric ester groups is 1. The van der Waals surface area contributed by atoms with Crippen molar-refractivity contribution in [3.05, 3.63) is 41.0 Å². The Kier molecular flexibility index (Phi) is 7.53. The minimum absolute atomic E-state index is 0.0896. The third-order valence-electron chi connectivity index (χ3n) is 3.94. The molecule has 2 aromatic rings. The molecule has 2 aromatic carbocycles. The Morgan fingerprint density at radius 3 is 2.03 bits per heavy atom. The number of hydrogen-bond acceptors (Lipinski definition) is 7. The molecule has 0 amide bonds. The van der Waals surface area contributed by atoms with Crippen LogP contribution in [0.3, 0.4) is 0 Å². The quantitative estimate of drug-likeness (QED) is 0.410. The first-order valence-corrected chi connectivity index (χ1v) is 9.84. The van der Waals surface area contributed by atoms with Gasteiger partial charge in [-0.15, -0.1) is 0 Å². The van der Waals surface area contributed by atoms with E-state index in [1.165, 1.54) is 34.5 Å². The molecule has 0 unspecified atom stereocenters. The van der Waals surface area contributed by atoms with E-state index in [9.17, 15) is 19.5 Å². The predicted octanol–water partition coefficient (Wildman–Crippen LogP) is 2.86. The fourth-order valence-electron chi connectivity index (χ4n) is 2.73. The second-order valence-electron chi connectivity index (χ2n) is 5.71. The van der Waals surface area contributed by atoms with Gasteiger partial charge in [-0.25, -0.2) is 4.57 Å². The zero-order chi connectivity index (χ0) is 21.6. The number of ether oxygens (including phenoxy) is 4. The monoisotopic (exact) mass is 426 g/mol. The predicted molar refractivity (Wildman–Crippen MR) is 107 cm³/mol. The van der Waals surface area contributed by atoms with Crippen molar-refractivity contribution in [3.8, 4) is 28.7 Å². The van der Waals surface area contributed by atoms with Crippen LogP contribution in [-0.2, 0) is 11.2 Å². The summed E-state index contributed by atoms with van der Waals surface area (Å²) < 4.78 is 37.0. The van der Waals surface area contributed by atoms with Gasteiger partial charge in [-0.05, 0) is 29.8 Å². The average Bonchev–Trinajstić information content (AvgIpc) is 2.70. The Hall–Kier alpha value is -2.71. The highest BCUT2D eigenvalue weighted by molar-refractivity contribution is 7.46. The van der Waals surface area contributed by atoms with Crippen LogP contribution < -0.4 is 23.5 Å². The van der Waals surface area contributed by atoms with Crippen LogP contribution in [0.4, 0.5) is 0 Å². The minimum Gasteiger partial charge on any atom is -0.493 e. The summed E-state index contributed by atoms with van der Waals surface area (Å²) in [6.07, 6.45) is 3.37. The topological polar surface area (TPSA) is 124 Å². The van der Waals surface area contributed by atoms with E-state index in [0.29, 0.717) is 28.2 Å². The van der Waals surface area contributed by atoms with Gasteiger partial charge in [0.15, 0.2) is 23.0 Å². The molecule has 0 aliphatic rings. The van der Waals surface area contributed by atoms with Crippen molar-refractivity contribution < 1.29 is 42.9 Å². The summed E-state index contributed by atoms with van der Waals surface area (Å²) in [7, 11) is 0.827. The van der Waals surface area contributed by atoms with E-state index in [1.807, 2.05) is 0 Å². The molecule has 0 bridgehead atoms. The van der Waals surface area contributed by atoms with Gasteiger partial charge in [-0.1, -0.05) is 12.2 Å². The molecule has 0 saturated carbocycles. The fourth-order valence-corrected chi connectivity index (χ4v) is 3.14. The first-order valence-electron chi connectivity index (χ1n) is 8.31. The molecule has 0 heterocycles. The third kappa shape index (κ3) is 5.42. The molecule has 10 heteroatoms. The van der Waals surface area contributed by atoms with E-state index in [1.54, 1.807) is 30.4 Å². The highest BCUT2D eigenvalue weighted by Crippen LogP contribution is 2.48. The zero-order valence-corrected chi connectivity index (χ0v) is 17.3. The Labute approximate surface area is 168 Å². The molecule has 2 rings (SSSR count). The van der Waals surface area contributed by atoms with Crippen molar-refractivity contribution >= 4 is 20.0 Å². The lowest BCUT2D eigenvalue weighted by Crippen LogP contribution is -1.99. The van der Waals surface area contributed by atoms with Crippen LogP contribution in [0.25, 0.3) is 12.2 Å². The molecule has 0 aliphatic heterocycles. The number of methoxy groups -OCH3 is 4. The normalized spacial score (nSPS) is 11.4. The van der Waals surface area contributed by atoms with E-state index in [4.69, 9.17) is 23.5 Å². The van der Waals surface area contributed by atoms with E-state index < -0.39 is 7.82 Å². The van der Waals surface area contributed by atoms with E-state index in [0.717, 1.165) is 0 Å². The SMILES string of the molecule is COc1cc(/C=C\c2ccc(OC)c(OP(=O)(O)O)c2OC)cc(CO)c1OC. The van der Waals surface area contributed by atoms with Crippen LogP contribution in [0.2, 0.25) is 0 Å². The van der Waals surface area contributed by atoms with Gasteiger partial charge in [0.2, 0.25) is 5.75 Å². The molecule has 0 fully saturated rings. The molecule has 0 radical (unpaired) electrons. The summed E-state index contributed by atoms with van der Waals surface area (Å²) in [5.41, 5.74) is 1.72. The number of rotatable bonds is 9. The summed E-state index contributed by atoms with van der Waals surface area (Å²) in [5, 5.41) is 9.58. The first-order chi connectivity index (χ1) is 13.8. The van der Waals surface area contributed by atoms with Gasteiger partial charge in [-0.3, -0.25) is 9.79 Å². The zero-order valence-electron chi connectivity index (χ0n) is 16.4. The molecule has 0 saturated heterocycles. The number of hydrogen-bond donors (Lipinski definition) is 3. The summed E-state index contributed by atoms with van der Waals surface area (Å²) >= 11 is 0. The molecule has 9 nitrogen and oxygen atoms in total. The van der Waals surface area contributed by atoms with Crippen LogP contribution in [0.15, 0.2) is 24.3 Å². The smallest absolute Gasteiger partial charge is 0.493 e. The summed E-state index contributed by atoms with van der Waals surface area (Å²) in [4.78, 5) is 18.4. The molecular weight excluding hydrogens is 403 g/mol. The van der Waals surface area contributed by atoms with Crippen LogP contribution in [0.5, 0.6) is 28.7 Å². The van der Waals surface area contributed by atoms with Crippen molar-refractivity contribution in [1.29, 1.82) is 0 Å². The maximum Gasteiger partial charge on any atom is 0.525 e. The fraction of sp³-hybridized carbons (Fsp3) is 0.263. The second-order valence-corrected chi connectivity index (χ2v) is 6.87. The molecule has 0 atom stereocenters. The van der Waals surface area contributed by atoms with Crippen LogP contribution in [-0.4, -0.2) is 43.3 Å². The van der Waals surface area contributed by atoms with Gasteiger partial charge < -0.3 is 28.6 Å². The van der Waals surface area contributed by atoms with Gasteiger partial charge in [0.25, 0.3) is 0 Å². The molecule has 158 valence electrons. The summed E-state index contributed by atoms with van der Waals surface area (Å²) in [6, 6.07) is 6.59. The third-order valence-corrected chi connectivity index (χ3v) is 4.36. The second kappa shape index (κ2) is 9.67. The highest BCUT2D eigenvalue weighted by atomic mass is 31.2. The van der Waals surface area contributed by atoms with Crippen molar-refractivity contribution in [2.45, 2.75) is 6.61 Å². The molecule has 29 heavy (non-hydrogen) atoms. The van der Waals surface area contributed by atoms with E-state index in [2.05, 4.69) is 0 Å². The highest BCUT2D eigenvalue weighted by Gasteiger charge is 2.24. The first kappa shape index (κ1) is 22.6. The van der Waals surface area contributed by atoms with Gasteiger partial charge in [-0.2, -0.15) is 0 Å². The number of phosphoric acid groups is 1. The van der Waals surface area contributed by atoms with Crippen molar-refractivity contribution in [3.63, 3.8) is 0 Å². The van der Waals surface area contributed by atoms with E-state index >= 15 is 0 Å². The number of aliphatic hydroxyl groups is 1. The molecule has 0 aliphatic carbocycles. The van der Waals surface area contributed by atoms with Crippen molar-refractivity contribution in [2.75, 3.05) is 28.4 Å². The standard InChI is InChI=1S/C19H23O9P/c1-24-15-8-7-13(18(27-4)19(15)28-29(21,22)23)6-5-12-9-14(11-20)17(26-3)16(10-12)25-2/h5-10,20H,11H2,1-4H3,(H2,21,22,23)/b6-5-. The number of benzene rings is 2.